The zero-order valence-corrected chi connectivity index (χ0v) is 14.6. The van der Waals surface area contributed by atoms with Crippen LogP contribution in [-0.2, 0) is 11.4 Å². The highest BCUT2D eigenvalue weighted by atomic mass is 16.5. The second kappa shape index (κ2) is 9.30. The highest BCUT2D eigenvalue weighted by Gasteiger charge is 2.19. The van der Waals surface area contributed by atoms with Gasteiger partial charge in [-0.1, -0.05) is 12.1 Å². The topological polar surface area (TPSA) is 141 Å². The predicted octanol–water partition coefficient (Wildman–Crippen LogP) is 0.973. The number of benzene rings is 1. The summed E-state index contributed by atoms with van der Waals surface area (Å²) < 4.78 is 10.9. The number of nitrogens with one attached hydrogen (secondary N) is 1. The van der Waals surface area contributed by atoms with E-state index in [0.717, 1.165) is 11.8 Å². The maximum Gasteiger partial charge on any atom is 0.337 e. The van der Waals surface area contributed by atoms with Crippen LogP contribution in [0.15, 0.2) is 36.5 Å². The van der Waals surface area contributed by atoms with Crippen LogP contribution in [0.5, 0.6) is 11.5 Å². The van der Waals surface area contributed by atoms with E-state index in [9.17, 15) is 14.4 Å². The summed E-state index contributed by atoms with van der Waals surface area (Å²) in [5.41, 5.74) is 5.56. The van der Waals surface area contributed by atoms with Crippen LogP contribution < -0.4 is 20.5 Å². The van der Waals surface area contributed by atoms with Crippen molar-refractivity contribution in [3.63, 3.8) is 0 Å². The summed E-state index contributed by atoms with van der Waals surface area (Å²) >= 11 is 0. The van der Waals surface area contributed by atoms with Gasteiger partial charge in [0.2, 0.25) is 5.91 Å². The summed E-state index contributed by atoms with van der Waals surface area (Å²) in [6, 6.07) is 8.25. The third kappa shape index (κ3) is 5.51. The van der Waals surface area contributed by atoms with Crippen LogP contribution in [0.4, 0.5) is 0 Å². The van der Waals surface area contributed by atoms with Crippen molar-refractivity contribution < 1.29 is 29.0 Å². The number of hydrogen-bond acceptors (Lipinski definition) is 7. The fourth-order valence-electron chi connectivity index (χ4n) is 2.09. The molecule has 0 unspecified atom stereocenters. The fourth-order valence-corrected chi connectivity index (χ4v) is 2.09. The molecule has 0 aliphatic heterocycles. The van der Waals surface area contributed by atoms with Gasteiger partial charge in [-0.15, -0.1) is 0 Å². The number of carbonyl (C=O) groups is 3. The number of amides is 2. The van der Waals surface area contributed by atoms with Crippen molar-refractivity contribution in [2.24, 2.45) is 5.73 Å². The maximum absolute atomic E-state index is 12.1. The Kier molecular flexibility index (Phi) is 6.84. The number of ether oxygens (including phenoxy) is 2. The van der Waals surface area contributed by atoms with Crippen molar-refractivity contribution >= 4 is 17.8 Å². The average Bonchev–Trinajstić information content (AvgIpc) is 2.67. The van der Waals surface area contributed by atoms with Gasteiger partial charge in [0.05, 0.1) is 18.7 Å². The molecule has 2 rings (SSSR count). The van der Waals surface area contributed by atoms with E-state index in [4.69, 9.17) is 20.3 Å². The van der Waals surface area contributed by atoms with Crippen molar-refractivity contribution in [3.8, 4) is 11.5 Å². The van der Waals surface area contributed by atoms with E-state index in [1.165, 1.54) is 6.07 Å². The number of carbonyl (C=O) groups excluding carboxylic acids is 2. The van der Waals surface area contributed by atoms with E-state index in [1.807, 2.05) is 12.2 Å². The third-order valence-electron chi connectivity index (χ3n) is 3.38. The van der Waals surface area contributed by atoms with Crippen molar-refractivity contribution in [2.45, 2.75) is 13.5 Å². The molecule has 1 heterocycles. The average molecular weight is 373 g/mol. The molecule has 142 valence electrons. The number of hydrogen-bond donors (Lipinski definition) is 3. The molecule has 9 heteroatoms. The molecule has 0 aliphatic carbocycles. The molecule has 27 heavy (non-hydrogen) atoms. The van der Waals surface area contributed by atoms with Gasteiger partial charge in [-0.25, -0.2) is 9.78 Å². The number of aromatic carboxylic acids is 1. The first kappa shape index (κ1) is 19.9. The molecule has 0 aliphatic rings. The number of carboxylic acids is 1. The SMILES string of the molecule is CCOc1ccc(COc2cc(C(=O)O)cnc2C(=O)NC(=O)CN)cc1. The Labute approximate surface area is 155 Å². The third-order valence-corrected chi connectivity index (χ3v) is 3.38. The summed E-state index contributed by atoms with van der Waals surface area (Å²) in [6.45, 7) is 2.11. The minimum absolute atomic E-state index is 0.0578. The Morgan fingerprint density at radius 3 is 2.48 bits per heavy atom. The molecular formula is C18H19N3O6. The molecule has 0 radical (unpaired) electrons. The molecule has 9 nitrogen and oxygen atoms in total. The van der Waals surface area contributed by atoms with E-state index >= 15 is 0 Å². The molecule has 0 bridgehead atoms. The van der Waals surface area contributed by atoms with Crippen molar-refractivity contribution in [2.75, 3.05) is 13.2 Å². The summed E-state index contributed by atoms with van der Waals surface area (Å²) in [5.74, 6) is -2.11. The van der Waals surface area contributed by atoms with Gasteiger partial charge in [0.15, 0.2) is 11.4 Å². The van der Waals surface area contributed by atoms with E-state index in [0.29, 0.717) is 12.4 Å². The summed E-state index contributed by atoms with van der Waals surface area (Å²) in [6.07, 6.45) is 1.01. The quantitative estimate of drug-likeness (QED) is 0.622. The number of rotatable bonds is 8. The molecule has 1 aromatic heterocycles. The van der Waals surface area contributed by atoms with Gasteiger partial charge >= 0.3 is 5.97 Å². The van der Waals surface area contributed by atoms with Crippen LogP contribution in [0, 0.1) is 0 Å². The van der Waals surface area contributed by atoms with Crippen LogP contribution >= 0.6 is 0 Å². The lowest BCUT2D eigenvalue weighted by Crippen LogP contribution is -2.36. The van der Waals surface area contributed by atoms with Crippen LogP contribution in [-0.4, -0.2) is 41.0 Å². The van der Waals surface area contributed by atoms with Crippen LogP contribution in [0.2, 0.25) is 0 Å². The van der Waals surface area contributed by atoms with Crippen LogP contribution in [0.3, 0.4) is 0 Å². The lowest BCUT2D eigenvalue weighted by molar-refractivity contribution is -0.118. The lowest BCUT2D eigenvalue weighted by atomic mass is 10.2. The van der Waals surface area contributed by atoms with E-state index in [1.54, 1.807) is 24.3 Å². The zero-order chi connectivity index (χ0) is 19.8. The molecular weight excluding hydrogens is 354 g/mol. The largest absolute Gasteiger partial charge is 0.494 e. The highest BCUT2D eigenvalue weighted by molar-refractivity contribution is 6.05. The van der Waals surface area contributed by atoms with Crippen molar-refractivity contribution in [3.05, 3.63) is 53.3 Å². The first-order valence-corrected chi connectivity index (χ1v) is 8.06. The van der Waals surface area contributed by atoms with Crippen LogP contribution in [0.1, 0.15) is 33.3 Å². The monoisotopic (exact) mass is 373 g/mol. The second-order valence-electron chi connectivity index (χ2n) is 5.32. The molecule has 0 fully saturated rings. The lowest BCUT2D eigenvalue weighted by Gasteiger charge is -2.12. The number of pyridine rings is 1. The van der Waals surface area contributed by atoms with Gasteiger partial charge in [0.25, 0.3) is 5.91 Å². The summed E-state index contributed by atoms with van der Waals surface area (Å²) in [4.78, 5) is 38.4. The van der Waals surface area contributed by atoms with E-state index in [-0.39, 0.29) is 30.2 Å². The minimum atomic E-state index is -1.22. The van der Waals surface area contributed by atoms with Gasteiger partial charge in [0, 0.05) is 6.20 Å². The van der Waals surface area contributed by atoms with E-state index in [2.05, 4.69) is 4.98 Å². The first-order valence-electron chi connectivity index (χ1n) is 8.06. The van der Waals surface area contributed by atoms with E-state index < -0.39 is 17.8 Å². The first-order chi connectivity index (χ1) is 12.9. The number of carboxylic acid groups (broad SMARTS) is 1. The standard InChI is InChI=1S/C18H19N3O6/c1-2-26-13-5-3-11(4-6-13)10-27-14-7-12(18(24)25)9-20-16(14)17(23)21-15(22)8-19/h3-7,9H,2,8,10,19H2,1H3,(H,24,25)(H,21,22,23). The van der Waals surface area contributed by atoms with Crippen LogP contribution in [0.25, 0.3) is 0 Å². The molecule has 0 saturated carbocycles. The molecule has 0 atom stereocenters. The Balaban J connectivity index is 2.21. The molecule has 4 N–H and O–H groups in total. The fraction of sp³-hybridized carbons (Fsp3) is 0.222. The predicted molar refractivity (Wildman–Crippen MR) is 94.7 cm³/mol. The summed E-state index contributed by atoms with van der Waals surface area (Å²) in [5, 5.41) is 11.2. The Bertz CT molecular complexity index is 835. The van der Waals surface area contributed by atoms with Gasteiger partial charge in [-0.3, -0.25) is 14.9 Å². The normalized spacial score (nSPS) is 10.1. The molecule has 1 aromatic carbocycles. The Morgan fingerprint density at radius 2 is 1.89 bits per heavy atom. The molecule has 0 saturated heterocycles. The Morgan fingerprint density at radius 1 is 1.19 bits per heavy atom. The molecule has 2 amide bonds. The second-order valence-corrected chi connectivity index (χ2v) is 5.32. The summed E-state index contributed by atoms with van der Waals surface area (Å²) in [7, 11) is 0. The molecule has 2 aromatic rings. The maximum atomic E-state index is 12.1. The highest BCUT2D eigenvalue weighted by Crippen LogP contribution is 2.21. The number of aromatic nitrogens is 1. The number of nitrogens with zero attached hydrogens (tertiary/aromatic N) is 1. The van der Waals surface area contributed by atoms with Gasteiger partial charge in [0.1, 0.15) is 12.4 Å². The minimum Gasteiger partial charge on any atom is -0.494 e. The van der Waals surface area contributed by atoms with Gasteiger partial charge in [-0.2, -0.15) is 0 Å². The van der Waals surface area contributed by atoms with Crippen molar-refractivity contribution in [1.82, 2.24) is 10.3 Å². The smallest absolute Gasteiger partial charge is 0.337 e. The number of imide groups is 1. The zero-order valence-electron chi connectivity index (χ0n) is 14.6. The Hall–Kier alpha value is -3.46. The number of nitrogens with two attached hydrogens (primary N) is 1. The van der Waals surface area contributed by atoms with Gasteiger partial charge in [-0.05, 0) is 30.7 Å². The van der Waals surface area contributed by atoms with Gasteiger partial charge < -0.3 is 20.3 Å². The van der Waals surface area contributed by atoms with Crippen molar-refractivity contribution in [1.29, 1.82) is 0 Å². The molecule has 0 spiro atoms.